The number of methoxy groups -OCH3 is 1. The summed E-state index contributed by atoms with van der Waals surface area (Å²) in [5.41, 5.74) is 10.8. The zero-order chi connectivity index (χ0) is 53.4. The first kappa shape index (κ1) is 53.1. The standard InChI is InChI=1S/C59H81N9O8S/c1-36-14-21-66(36)56(71)62-50-52(65-31-59(32-65)34-73-35-59)53-61-47(30-77-53)39-10-13-48-43(25-39)45(28-57(3,4)33-75-55(70)46-9-8-18-68(63-46)54(50)69)51(67(48)22-24-74-42-17-23-76-58(5,6)27-42)44-26-40(29-60-49(44)37(2)72-7)38-15-19-64(20-16-38)41-11-12-41/h10,13,25-26,29-30,36-38,41-42,46,50,52,63H,8-9,11-12,14-24,27-28,31-35H2,1-7H3,(H,62,71)/t36-,37+,42+,46+,50+,52+/m1/s1. The average Bonchev–Trinajstić information content (AvgIpc) is 4.12. The van der Waals surface area contributed by atoms with E-state index in [1.807, 2.05) is 6.92 Å². The van der Waals surface area contributed by atoms with E-state index >= 15 is 4.79 Å². The van der Waals surface area contributed by atoms with Gasteiger partial charge in [0.2, 0.25) is 0 Å². The fraction of sp³-hybridized carbons (Fsp3) is 0.678. The number of piperidine rings is 1. The van der Waals surface area contributed by atoms with Gasteiger partial charge in [0.1, 0.15) is 17.1 Å². The number of nitrogens with one attached hydrogen (secondary N) is 2. The summed E-state index contributed by atoms with van der Waals surface area (Å²) >= 11 is 1.53. The van der Waals surface area contributed by atoms with E-state index in [4.69, 9.17) is 33.7 Å². The molecule has 3 aromatic heterocycles. The molecule has 0 unspecified atom stereocenters. The summed E-state index contributed by atoms with van der Waals surface area (Å²) in [6.45, 7) is 20.6. The molecule has 77 heavy (non-hydrogen) atoms. The third-order valence-corrected chi connectivity index (χ3v) is 19.2. The number of carbonyl (C=O) groups is 3. The lowest BCUT2D eigenvalue weighted by atomic mass is 9.76. The molecular formula is C59H81N9O8S. The Bertz CT molecular complexity index is 2840. The summed E-state index contributed by atoms with van der Waals surface area (Å²) in [4.78, 5) is 61.4. The summed E-state index contributed by atoms with van der Waals surface area (Å²) < 4.78 is 33.6. The number of carbonyl (C=O) groups excluding carboxylic acids is 3. The quantitative estimate of drug-likeness (QED) is 0.139. The number of thiazole rings is 1. The van der Waals surface area contributed by atoms with Crippen LogP contribution in [0.4, 0.5) is 4.79 Å². The highest BCUT2D eigenvalue weighted by molar-refractivity contribution is 7.10. The molecule has 416 valence electrons. The lowest BCUT2D eigenvalue weighted by molar-refractivity contribution is -0.202. The number of nitrogens with zero attached hydrogens (tertiary/aromatic N) is 7. The number of hydrogen-bond acceptors (Lipinski definition) is 14. The predicted molar refractivity (Wildman–Crippen MR) is 294 cm³/mol. The highest BCUT2D eigenvalue weighted by atomic mass is 32.1. The molecular weight excluding hydrogens is 995 g/mol. The van der Waals surface area contributed by atoms with E-state index in [0.717, 1.165) is 101 Å². The minimum atomic E-state index is -0.994. The zero-order valence-corrected chi connectivity index (χ0v) is 47.3. The Labute approximate surface area is 458 Å². The van der Waals surface area contributed by atoms with Crippen molar-refractivity contribution in [2.75, 3.05) is 79.4 Å². The van der Waals surface area contributed by atoms with Crippen LogP contribution in [0.5, 0.6) is 0 Å². The molecule has 6 saturated heterocycles. The first-order valence-electron chi connectivity index (χ1n) is 28.8. The minimum absolute atomic E-state index is 0.0179. The molecule has 4 aromatic rings. The van der Waals surface area contributed by atoms with Crippen molar-refractivity contribution >= 4 is 40.1 Å². The predicted octanol–water partition coefficient (Wildman–Crippen LogP) is 8.02. The van der Waals surface area contributed by atoms with Gasteiger partial charge < -0.3 is 43.4 Å². The maximum atomic E-state index is 15.2. The Morgan fingerprint density at radius 1 is 0.974 bits per heavy atom. The Kier molecular flexibility index (Phi) is 14.6. The van der Waals surface area contributed by atoms with E-state index in [1.54, 1.807) is 17.0 Å². The van der Waals surface area contributed by atoms with E-state index in [2.05, 4.69) is 95.6 Å². The smallest absolute Gasteiger partial charge is 0.324 e. The number of fused-ring (bicyclic) bond motifs is 6. The Balaban J connectivity index is 1.00. The largest absolute Gasteiger partial charge is 0.464 e. The van der Waals surface area contributed by atoms with Crippen molar-refractivity contribution in [3.63, 3.8) is 0 Å². The Morgan fingerprint density at radius 2 is 1.78 bits per heavy atom. The molecule has 6 bridgehead atoms. The average molecular weight is 1080 g/mol. The van der Waals surface area contributed by atoms with Crippen LogP contribution in [-0.4, -0.2) is 167 Å². The molecule has 0 radical (unpaired) electrons. The molecule has 1 spiro atoms. The second-order valence-corrected chi connectivity index (χ2v) is 26.2. The van der Waals surface area contributed by atoms with Gasteiger partial charge in [-0.15, -0.1) is 11.3 Å². The molecule has 7 aliphatic heterocycles. The van der Waals surface area contributed by atoms with Crippen LogP contribution in [-0.2, 0) is 46.2 Å². The second-order valence-electron chi connectivity index (χ2n) is 25.4. The molecule has 17 nitrogen and oxygen atoms in total. The van der Waals surface area contributed by atoms with Gasteiger partial charge in [0.25, 0.3) is 5.91 Å². The summed E-state index contributed by atoms with van der Waals surface area (Å²) in [6.07, 6.45) is 11.0. The number of rotatable bonds is 11. The van der Waals surface area contributed by atoms with Gasteiger partial charge in [0.05, 0.1) is 67.4 Å². The third-order valence-electron chi connectivity index (χ3n) is 18.3. The molecule has 1 aliphatic carbocycles. The highest BCUT2D eigenvalue weighted by Gasteiger charge is 2.55. The van der Waals surface area contributed by atoms with Crippen LogP contribution < -0.4 is 10.7 Å². The van der Waals surface area contributed by atoms with Crippen molar-refractivity contribution in [3.05, 3.63) is 57.7 Å². The van der Waals surface area contributed by atoms with Crippen LogP contribution in [0.2, 0.25) is 0 Å². The van der Waals surface area contributed by atoms with Crippen LogP contribution in [0.25, 0.3) is 33.4 Å². The molecule has 1 aromatic carbocycles. The van der Waals surface area contributed by atoms with Crippen molar-refractivity contribution in [2.45, 2.75) is 166 Å². The normalized spacial score (nSPS) is 28.3. The van der Waals surface area contributed by atoms with Crippen molar-refractivity contribution in [2.24, 2.45) is 10.8 Å². The van der Waals surface area contributed by atoms with Gasteiger partial charge in [0.15, 0.2) is 0 Å². The lowest BCUT2D eigenvalue weighted by Crippen LogP contribution is -2.70. The van der Waals surface area contributed by atoms with E-state index in [9.17, 15) is 9.59 Å². The molecule has 2 N–H and O–H groups in total. The molecule has 7 fully saturated rings. The van der Waals surface area contributed by atoms with Crippen LogP contribution in [0.1, 0.15) is 139 Å². The van der Waals surface area contributed by atoms with Gasteiger partial charge in [0, 0.05) is 109 Å². The van der Waals surface area contributed by atoms with Crippen LogP contribution in [0, 0.1) is 10.8 Å². The third kappa shape index (κ3) is 10.7. The van der Waals surface area contributed by atoms with Crippen molar-refractivity contribution in [1.29, 1.82) is 0 Å². The molecule has 6 atom stereocenters. The van der Waals surface area contributed by atoms with Crippen molar-refractivity contribution in [3.8, 4) is 22.5 Å². The molecule has 18 heteroatoms. The Morgan fingerprint density at radius 3 is 2.48 bits per heavy atom. The van der Waals surface area contributed by atoms with Gasteiger partial charge >= 0.3 is 12.0 Å². The maximum absolute atomic E-state index is 15.2. The summed E-state index contributed by atoms with van der Waals surface area (Å²) in [5.74, 6) is -0.314. The van der Waals surface area contributed by atoms with E-state index in [0.29, 0.717) is 84.3 Å². The monoisotopic (exact) mass is 1080 g/mol. The molecule has 1 saturated carbocycles. The second kappa shape index (κ2) is 21.2. The van der Waals surface area contributed by atoms with Gasteiger partial charge in [-0.05, 0) is 134 Å². The van der Waals surface area contributed by atoms with Crippen LogP contribution in [0.3, 0.4) is 0 Å². The minimum Gasteiger partial charge on any atom is -0.464 e. The summed E-state index contributed by atoms with van der Waals surface area (Å²) in [6, 6.07) is 7.34. The van der Waals surface area contributed by atoms with Crippen LogP contribution >= 0.6 is 11.3 Å². The number of pyridine rings is 1. The number of aromatic nitrogens is 3. The molecule has 12 rings (SSSR count). The topological polar surface area (TPSA) is 165 Å². The van der Waals surface area contributed by atoms with E-state index in [1.165, 1.54) is 29.7 Å². The number of amides is 3. The van der Waals surface area contributed by atoms with Gasteiger partial charge in [-0.3, -0.25) is 24.5 Å². The molecule has 8 aliphatic rings. The number of hydrazine groups is 1. The van der Waals surface area contributed by atoms with Gasteiger partial charge in [-0.2, -0.15) is 0 Å². The molecule has 10 heterocycles. The highest BCUT2D eigenvalue weighted by Crippen LogP contribution is 2.47. The van der Waals surface area contributed by atoms with Crippen molar-refractivity contribution in [1.82, 2.24) is 45.0 Å². The first-order valence-corrected chi connectivity index (χ1v) is 29.7. The number of esters is 1. The van der Waals surface area contributed by atoms with Crippen LogP contribution in [0.15, 0.2) is 35.8 Å². The number of likely N-dealkylation sites (tertiary alicyclic amines) is 3. The number of ether oxygens (including phenoxy) is 5. The van der Waals surface area contributed by atoms with E-state index in [-0.39, 0.29) is 47.8 Å². The number of benzene rings is 1. The fourth-order valence-corrected chi connectivity index (χ4v) is 14.4. The Hall–Kier alpha value is -4.53. The van der Waals surface area contributed by atoms with Gasteiger partial charge in [-0.25, -0.2) is 15.2 Å². The first-order chi connectivity index (χ1) is 37.0. The summed E-state index contributed by atoms with van der Waals surface area (Å²) in [5, 5.41) is 8.73. The number of urea groups is 1. The molecule has 3 amide bonds. The zero-order valence-electron chi connectivity index (χ0n) is 46.4. The van der Waals surface area contributed by atoms with Crippen molar-refractivity contribution < 1.29 is 38.1 Å². The number of cyclic esters (lactones) is 1. The number of hydrogen-bond donors (Lipinski definition) is 2. The summed E-state index contributed by atoms with van der Waals surface area (Å²) in [7, 11) is 1.76. The SMILES string of the molecule is CO[C@@H](C)c1ncc(C2CCN(C3CC3)CC2)cc1-c1c2c3cc(ccc3n1CCO[C@H]1CCOC(C)(C)C1)-c1csc(n1)[C@@H](N1CC3(COC3)C1)[C@H](NC(=O)N1CC[C@H]1C)C(=O)N1CCC[C@H](N1)C(=O)OCC(C)(C)C2. The van der Waals surface area contributed by atoms with E-state index < -0.39 is 29.5 Å². The van der Waals surface area contributed by atoms with Gasteiger partial charge in [-0.1, -0.05) is 19.9 Å². The maximum Gasteiger partial charge on any atom is 0.324 e. The fourth-order valence-electron chi connectivity index (χ4n) is 13.4. The lowest BCUT2D eigenvalue weighted by Gasteiger charge is -2.58.